The SMILES string of the molecule is CCC(C)(OC(C)(C)S(C)(C)COC(C)(C)C(=O)OCCOC(C)C)C(=O)OCCOC(C)C. The van der Waals surface area contributed by atoms with Crippen LogP contribution in [0.1, 0.15) is 75.7 Å². The highest BCUT2D eigenvalue weighted by molar-refractivity contribution is 8.33. The molecule has 0 amide bonds. The lowest BCUT2D eigenvalue weighted by Gasteiger charge is -2.50. The summed E-state index contributed by atoms with van der Waals surface area (Å²) < 4.78 is 34.1. The molecule has 34 heavy (non-hydrogen) atoms. The van der Waals surface area contributed by atoms with Crippen LogP contribution in [0.4, 0.5) is 0 Å². The molecule has 0 bridgehead atoms. The minimum absolute atomic E-state index is 0.0748. The van der Waals surface area contributed by atoms with Crippen molar-refractivity contribution in [2.75, 3.05) is 44.9 Å². The quantitative estimate of drug-likeness (QED) is 0.206. The van der Waals surface area contributed by atoms with Crippen molar-refractivity contribution in [1.82, 2.24) is 0 Å². The average Bonchev–Trinajstić information content (AvgIpc) is 2.71. The highest BCUT2D eigenvalue weighted by Gasteiger charge is 2.45. The smallest absolute Gasteiger partial charge is 0.338 e. The predicted molar refractivity (Wildman–Crippen MR) is 137 cm³/mol. The summed E-state index contributed by atoms with van der Waals surface area (Å²) in [6, 6.07) is 0. The standard InChI is InChI=1S/C25H50O8S/c1-13-25(10,22(27)31-17-15-29-20(4)5)33-24(8,9)34(11,12)18-32-23(6,7)21(26)30-16-14-28-19(2)3/h19-20H,13-18H2,1-12H3. The molecule has 0 aromatic carbocycles. The van der Waals surface area contributed by atoms with E-state index in [1.54, 1.807) is 20.8 Å². The first kappa shape index (κ1) is 33.1. The maximum atomic E-state index is 12.8. The molecule has 0 saturated heterocycles. The van der Waals surface area contributed by atoms with Gasteiger partial charge in [0.2, 0.25) is 0 Å². The van der Waals surface area contributed by atoms with E-state index in [0.717, 1.165) is 0 Å². The van der Waals surface area contributed by atoms with E-state index < -0.39 is 38.1 Å². The van der Waals surface area contributed by atoms with Gasteiger partial charge in [-0.2, -0.15) is 10.0 Å². The van der Waals surface area contributed by atoms with Crippen LogP contribution >= 0.6 is 10.0 Å². The van der Waals surface area contributed by atoms with Crippen LogP contribution in [0, 0.1) is 0 Å². The zero-order chi connectivity index (χ0) is 26.8. The molecule has 0 aromatic heterocycles. The summed E-state index contributed by atoms with van der Waals surface area (Å²) in [7, 11) is -1.59. The van der Waals surface area contributed by atoms with E-state index >= 15 is 0 Å². The van der Waals surface area contributed by atoms with Crippen LogP contribution in [0.3, 0.4) is 0 Å². The van der Waals surface area contributed by atoms with Crippen LogP contribution in [0.25, 0.3) is 0 Å². The van der Waals surface area contributed by atoms with Gasteiger partial charge in [-0.25, -0.2) is 9.59 Å². The third-order valence-corrected chi connectivity index (χ3v) is 9.10. The summed E-state index contributed by atoms with van der Waals surface area (Å²) in [6.07, 6.45) is 4.72. The van der Waals surface area contributed by atoms with Crippen molar-refractivity contribution in [3.05, 3.63) is 0 Å². The zero-order valence-electron chi connectivity index (χ0n) is 23.6. The van der Waals surface area contributed by atoms with Gasteiger partial charge in [0.15, 0.2) is 11.2 Å². The highest BCUT2D eigenvalue weighted by Crippen LogP contribution is 2.55. The molecule has 0 aromatic rings. The first-order valence-electron chi connectivity index (χ1n) is 12.0. The van der Waals surface area contributed by atoms with Gasteiger partial charge in [0.25, 0.3) is 0 Å². The number of rotatable bonds is 17. The molecule has 0 aliphatic rings. The summed E-state index contributed by atoms with van der Waals surface area (Å²) >= 11 is 0. The average molecular weight is 511 g/mol. The summed E-state index contributed by atoms with van der Waals surface area (Å²) in [5.41, 5.74) is -2.24. The second kappa shape index (κ2) is 14.0. The molecule has 204 valence electrons. The molecular formula is C25H50O8S. The Hall–Kier alpha value is -0.870. The van der Waals surface area contributed by atoms with Crippen molar-refractivity contribution >= 4 is 22.0 Å². The Morgan fingerprint density at radius 2 is 1.21 bits per heavy atom. The third-order valence-electron chi connectivity index (χ3n) is 5.65. The van der Waals surface area contributed by atoms with Gasteiger partial charge in [-0.05, 0) is 81.2 Å². The molecule has 0 radical (unpaired) electrons. The van der Waals surface area contributed by atoms with Crippen molar-refractivity contribution in [1.29, 1.82) is 0 Å². The maximum Gasteiger partial charge on any atom is 0.338 e. The molecule has 9 heteroatoms. The summed E-state index contributed by atoms with van der Waals surface area (Å²) in [5.74, 6) is -0.569. The topological polar surface area (TPSA) is 89.5 Å². The first-order chi connectivity index (χ1) is 15.4. The van der Waals surface area contributed by atoms with Crippen molar-refractivity contribution in [3.8, 4) is 0 Å². The molecule has 0 aliphatic heterocycles. The second-order valence-corrected chi connectivity index (χ2v) is 14.8. The lowest BCUT2D eigenvalue weighted by Crippen LogP contribution is -2.49. The van der Waals surface area contributed by atoms with Gasteiger partial charge in [0, 0.05) is 0 Å². The van der Waals surface area contributed by atoms with Gasteiger partial charge in [-0.1, -0.05) is 6.92 Å². The second-order valence-electron chi connectivity index (χ2n) is 10.5. The molecule has 0 heterocycles. The molecule has 0 aliphatic carbocycles. The van der Waals surface area contributed by atoms with Gasteiger partial charge >= 0.3 is 11.9 Å². The van der Waals surface area contributed by atoms with E-state index in [-0.39, 0.29) is 25.4 Å². The molecular weight excluding hydrogens is 460 g/mol. The number of esters is 2. The molecule has 0 saturated carbocycles. The number of carbonyl (C=O) groups is 2. The van der Waals surface area contributed by atoms with Crippen molar-refractivity contribution in [2.24, 2.45) is 0 Å². The van der Waals surface area contributed by atoms with Gasteiger partial charge < -0.3 is 28.4 Å². The Labute approximate surface area is 209 Å². The Morgan fingerprint density at radius 1 is 0.765 bits per heavy atom. The minimum Gasteiger partial charge on any atom is -0.461 e. The van der Waals surface area contributed by atoms with Crippen LogP contribution in [-0.4, -0.2) is 85.2 Å². The number of hydrogen-bond donors (Lipinski definition) is 0. The van der Waals surface area contributed by atoms with Crippen LogP contribution in [-0.2, 0) is 38.0 Å². The molecule has 8 nitrogen and oxygen atoms in total. The normalized spacial score (nSPS) is 15.4. The number of hydrogen-bond acceptors (Lipinski definition) is 8. The lowest BCUT2D eigenvalue weighted by molar-refractivity contribution is -0.181. The Balaban J connectivity index is 5.04. The zero-order valence-corrected chi connectivity index (χ0v) is 24.4. The van der Waals surface area contributed by atoms with Gasteiger partial charge in [0.05, 0.1) is 36.3 Å². The third kappa shape index (κ3) is 11.2. The van der Waals surface area contributed by atoms with Crippen molar-refractivity contribution in [3.63, 3.8) is 0 Å². The monoisotopic (exact) mass is 510 g/mol. The minimum atomic E-state index is -1.59. The van der Waals surface area contributed by atoms with Crippen molar-refractivity contribution in [2.45, 2.75) is 104 Å². The van der Waals surface area contributed by atoms with Crippen LogP contribution in [0.15, 0.2) is 0 Å². The van der Waals surface area contributed by atoms with Gasteiger partial charge in [-0.15, -0.1) is 0 Å². The summed E-state index contributed by atoms with van der Waals surface area (Å²) in [6.45, 7) is 19.6. The molecule has 1 atom stereocenters. The van der Waals surface area contributed by atoms with Crippen LogP contribution in [0.2, 0.25) is 0 Å². The first-order valence-corrected chi connectivity index (χ1v) is 14.6. The Kier molecular flexibility index (Phi) is 13.7. The number of ether oxygens (including phenoxy) is 6. The number of carbonyl (C=O) groups excluding carboxylic acids is 2. The maximum absolute atomic E-state index is 12.8. The van der Waals surface area contributed by atoms with E-state index in [4.69, 9.17) is 28.4 Å². The Morgan fingerprint density at radius 3 is 1.62 bits per heavy atom. The summed E-state index contributed by atoms with van der Waals surface area (Å²) in [4.78, 5) is 24.6. The summed E-state index contributed by atoms with van der Waals surface area (Å²) in [5, 5.41) is 0. The van der Waals surface area contributed by atoms with E-state index in [1.807, 2.05) is 48.5 Å². The molecule has 0 fully saturated rings. The lowest BCUT2D eigenvalue weighted by atomic mass is 10.0. The molecule has 1 unspecified atom stereocenters. The fourth-order valence-electron chi connectivity index (χ4n) is 2.57. The molecule has 0 N–H and O–H groups in total. The fraction of sp³-hybridized carbons (Fsp3) is 0.920. The van der Waals surface area contributed by atoms with Crippen molar-refractivity contribution < 1.29 is 38.0 Å². The fourth-order valence-corrected chi connectivity index (χ4v) is 3.85. The van der Waals surface area contributed by atoms with Crippen LogP contribution in [0.5, 0.6) is 0 Å². The highest BCUT2D eigenvalue weighted by atomic mass is 32.3. The van der Waals surface area contributed by atoms with Crippen LogP contribution < -0.4 is 0 Å². The molecule has 0 rings (SSSR count). The predicted octanol–water partition coefficient (Wildman–Crippen LogP) is 4.66. The van der Waals surface area contributed by atoms with Gasteiger partial charge in [-0.3, -0.25) is 0 Å². The Bertz CT molecular complexity index is 630. The van der Waals surface area contributed by atoms with Gasteiger partial charge in [0.1, 0.15) is 13.2 Å². The largest absolute Gasteiger partial charge is 0.461 e. The van der Waals surface area contributed by atoms with E-state index in [1.165, 1.54) is 0 Å². The molecule has 0 spiro atoms. The van der Waals surface area contributed by atoms with E-state index in [0.29, 0.717) is 25.6 Å². The van der Waals surface area contributed by atoms with E-state index in [9.17, 15) is 9.59 Å². The van der Waals surface area contributed by atoms with E-state index in [2.05, 4.69) is 12.5 Å².